The van der Waals surface area contributed by atoms with Gasteiger partial charge in [-0.05, 0) is 97.0 Å². The van der Waals surface area contributed by atoms with Gasteiger partial charge in [-0.15, -0.1) is 0 Å². The van der Waals surface area contributed by atoms with Crippen LogP contribution in [0.1, 0.15) is 46.5 Å². The molecule has 1 radical (unpaired) electrons. The minimum Gasteiger partial charge on any atom is -0.870 e. The van der Waals surface area contributed by atoms with E-state index < -0.39 is 16.1 Å². The second-order valence-electron chi connectivity index (χ2n) is 13.6. The van der Waals surface area contributed by atoms with Crippen molar-refractivity contribution >= 4 is 27.5 Å². The van der Waals surface area contributed by atoms with Gasteiger partial charge in [-0.2, -0.15) is 10.5 Å². The number of carboxylic acid groups (broad SMARTS) is 1. The Labute approximate surface area is 430 Å². The molecule has 0 atom stereocenters. The minimum atomic E-state index is -1.75. The van der Waals surface area contributed by atoms with E-state index in [0.717, 1.165) is 70.0 Å². The Bertz CT molecular complexity index is 2170. The second-order valence-corrected chi connectivity index (χ2v) is 13.6. The summed E-state index contributed by atoms with van der Waals surface area (Å²) < 4.78 is 10.4. The van der Waals surface area contributed by atoms with Crippen molar-refractivity contribution in [2.45, 2.75) is 40.8 Å². The number of aryl methyl sites for hydroxylation is 2. The molecule has 351 valence electrons. The number of hydrogen-bond donors (Lipinski definition) is 0. The molecule has 0 saturated carbocycles. The zero-order valence-electron chi connectivity index (χ0n) is 37.8. The molecule has 0 aliphatic heterocycles. The first kappa shape index (κ1) is 64.0. The number of benzene rings is 5. The van der Waals surface area contributed by atoms with Crippen molar-refractivity contribution < 1.29 is 106 Å². The zero-order valence-corrected chi connectivity index (χ0v) is 42.4. The number of aromatic carboxylic acids is 1. The van der Waals surface area contributed by atoms with Crippen molar-refractivity contribution in [1.82, 2.24) is 14.7 Å². The molecule has 0 aliphatic rings. The fraction of sp³-hybridized carbons (Fsp3) is 0.341. The summed E-state index contributed by atoms with van der Waals surface area (Å²) in [6.45, 7) is 11.4. The van der Waals surface area contributed by atoms with Crippen LogP contribution in [-0.2, 0) is 32.6 Å². The van der Waals surface area contributed by atoms with Crippen LogP contribution in [0.15, 0.2) is 78.9 Å². The number of nitriles is 2. The van der Waals surface area contributed by atoms with Gasteiger partial charge in [-0.25, -0.2) is 0 Å². The number of fused-ring (bicyclic) bond motifs is 2. The van der Waals surface area contributed by atoms with Crippen molar-refractivity contribution in [2.75, 3.05) is 61.5 Å². The molecule has 0 saturated heterocycles. The third kappa shape index (κ3) is 25.1. The number of rotatable bonds is 13. The van der Waals surface area contributed by atoms with Crippen molar-refractivity contribution in [2.24, 2.45) is 0 Å². The first-order valence-electron chi connectivity index (χ1n) is 18.8. The van der Waals surface area contributed by atoms with Gasteiger partial charge in [0.1, 0.15) is 11.5 Å². The molecule has 5 aromatic rings. The van der Waals surface area contributed by atoms with Crippen molar-refractivity contribution in [1.29, 1.82) is 10.5 Å². The number of ether oxygens (including phenoxy) is 2. The zero-order chi connectivity index (χ0) is 48.2. The number of nitrogens with zero attached hydrogens (tertiary/aromatic N) is 7. The summed E-state index contributed by atoms with van der Waals surface area (Å²) in [5.74, 6) is -0.393. The number of hydrogen-bond acceptors (Lipinski definition) is 17. The van der Waals surface area contributed by atoms with E-state index in [2.05, 4.69) is 21.7 Å². The largest absolute Gasteiger partial charge is 3.00 e. The summed E-state index contributed by atoms with van der Waals surface area (Å²) in [6, 6.07) is 27.8. The van der Waals surface area contributed by atoms with Crippen LogP contribution in [-0.4, -0.2) is 92.4 Å². The van der Waals surface area contributed by atoms with Crippen LogP contribution >= 0.6 is 0 Å². The Morgan fingerprint density at radius 3 is 1.22 bits per heavy atom. The molecule has 0 heterocycles. The van der Waals surface area contributed by atoms with Gasteiger partial charge in [0, 0.05) is 58.7 Å². The van der Waals surface area contributed by atoms with E-state index in [0.29, 0.717) is 24.6 Å². The Hall–Kier alpha value is -5.31. The maximum absolute atomic E-state index is 12.4. The summed E-state index contributed by atoms with van der Waals surface area (Å²) in [5, 5.41) is 83.6. The van der Waals surface area contributed by atoms with Crippen LogP contribution in [0.3, 0.4) is 0 Å². The normalized spacial score (nSPS) is 9.51. The molecule has 0 unspecified atom stereocenters. The third-order valence-corrected chi connectivity index (χ3v) is 8.57. The Balaban J connectivity index is -0.000000966. The Morgan fingerprint density at radius 2 is 0.923 bits per heavy atom. The van der Waals surface area contributed by atoms with E-state index in [1.54, 1.807) is 24.3 Å². The van der Waals surface area contributed by atoms with Gasteiger partial charge < -0.3 is 74.9 Å². The van der Waals surface area contributed by atoms with E-state index in [1.807, 2.05) is 94.7 Å². The van der Waals surface area contributed by atoms with E-state index in [-0.39, 0.29) is 83.5 Å². The summed E-state index contributed by atoms with van der Waals surface area (Å²) >= 11 is 0. The van der Waals surface area contributed by atoms with Crippen LogP contribution in [0.25, 0.3) is 21.5 Å². The monoisotopic (exact) mass is 1110 g/mol. The number of carbonyl (C=O) groups excluding carboxylic acids is 1. The minimum absolute atomic E-state index is 0. The molecule has 21 heteroatoms. The summed E-state index contributed by atoms with van der Waals surface area (Å²) in [6.07, 6.45) is 0. The molecule has 0 fully saturated rings. The van der Waals surface area contributed by atoms with Gasteiger partial charge in [0.15, 0.2) is 0 Å². The van der Waals surface area contributed by atoms with Gasteiger partial charge in [-0.3, -0.25) is 0 Å². The molecule has 65 heavy (non-hydrogen) atoms. The summed E-state index contributed by atoms with van der Waals surface area (Å²) in [7, 11) is 9.20. The van der Waals surface area contributed by atoms with Crippen molar-refractivity contribution in [3.8, 4) is 35.1 Å². The van der Waals surface area contributed by atoms with E-state index in [1.165, 1.54) is 28.1 Å². The maximum Gasteiger partial charge on any atom is 3.00 e. The van der Waals surface area contributed by atoms with Gasteiger partial charge in [0.2, 0.25) is 0 Å². The molecular weight excluding hydrogens is 1060 g/mol. The van der Waals surface area contributed by atoms with Gasteiger partial charge in [0.25, 0.3) is 0 Å². The number of methoxy groups -OCH3 is 2. The fourth-order valence-electron chi connectivity index (χ4n) is 5.93. The molecule has 0 N–H and O–H groups in total. The summed E-state index contributed by atoms with van der Waals surface area (Å²) in [4.78, 5) is 34.4. The average molecular weight is 1110 g/mol. The molecule has 19 nitrogen and oxygen atoms in total. The molecule has 0 aromatic heterocycles. The van der Waals surface area contributed by atoms with Crippen molar-refractivity contribution in [3.63, 3.8) is 0 Å². The molecule has 0 aliphatic carbocycles. The van der Waals surface area contributed by atoms with Crippen LogP contribution < -0.4 is 24.8 Å². The number of carboxylic acids is 1. The van der Waals surface area contributed by atoms with Crippen LogP contribution in [0.2, 0.25) is 0 Å². The third-order valence-electron chi connectivity index (χ3n) is 8.57. The van der Waals surface area contributed by atoms with Gasteiger partial charge in [0.05, 0.1) is 42.5 Å². The average Bonchev–Trinajstić information content (AvgIpc) is 3.21. The fourth-order valence-corrected chi connectivity index (χ4v) is 5.93. The van der Waals surface area contributed by atoms with Crippen molar-refractivity contribution in [3.05, 3.63) is 137 Å². The Morgan fingerprint density at radius 1 is 0.631 bits per heavy atom. The molecule has 0 bridgehead atoms. The van der Waals surface area contributed by atoms with Gasteiger partial charge in [-0.1, -0.05) is 72.2 Å². The van der Waals surface area contributed by atoms with E-state index >= 15 is 0 Å². The summed E-state index contributed by atoms with van der Waals surface area (Å²) in [5.41, 5.74) is 3.84. The molecule has 5 aromatic carbocycles. The van der Waals surface area contributed by atoms with Crippen LogP contribution in [0.4, 0.5) is 0 Å². The smallest absolute Gasteiger partial charge is 0.870 e. The predicted molar refractivity (Wildman–Crippen MR) is 234 cm³/mol. The quantitative estimate of drug-likeness (QED) is 0.0655. The first-order chi connectivity index (χ1) is 29.7. The van der Waals surface area contributed by atoms with Crippen LogP contribution in [0.5, 0.6) is 23.0 Å². The van der Waals surface area contributed by atoms with Gasteiger partial charge >= 0.3 is 66.4 Å². The Kier molecular flexibility index (Phi) is 34.5. The molecular formula is C44H52N7O12YbZn. The predicted octanol–water partition coefficient (Wildman–Crippen LogP) is 4.90. The molecule has 0 spiro atoms. The number of likely N-dealkylation sites (N-methyl/N-ethyl adjacent to an activating group) is 3. The number of carbonyl (C=O) groups is 1. The molecule has 5 rings (SSSR count). The SMILES string of the molecule is CC#N.CC#N.COc1cc(C)cc(CN(C)CCN(C)CCN(C)Cc2cc(C)cc(OC)c2[O-])c1[O-].O=C([O-])c1c2ccccc2cc2ccccc12.O=[N+]([O-])[O-].O=[N+]([O-])[O-].[Yb+3].[Zn+2]. The first-order valence-corrected chi connectivity index (χ1v) is 18.8. The standard InChI is InChI=1S/C25H39N3O4.C15H10O2.2C2H3N.2NO3.Yb.Zn/c1-18-12-20(24(29)22(14-18)31-6)16-27(4)10-8-26(3)9-11-28(5)17-21-13-19(2)15-23(32-7)25(21)30;16-15(17)14-12-7-3-1-5-10(12)9-11-6-2-4-8-13(11)14;2*1-2-3;2*2-1(3)4;;/h12-15,29-30H,8-11,16-17H2,1-7H3;1-9H,(H,16,17);2*1H3;;;;/q;;;;2*-1;+3;+2/p-3. The molecule has 0 amide bonds. The van der Waals surface area contributed by atoms with E-state index in [4.69, 9.17) is 50.6 Å². The second kappa shape index (κ2) is 35.0. The van der Waals surface area contributed by atoms with E-state index in [9.17, 15) is 20.1 Å². The topological polar surface area (TPSA) is 294 Å². The maximum atomic E-state index is 12.4. The van der Waals surface area contributed by atoms with Crippen LogP contribution in [0, 0.1) is 114 Å².